The van der Waals surface area contributed by atoms with Gasteiger partial charge >= 0.3 is 0 Å². The van der Waals surface area contributed by atoms with Crippen LogP contribution in [0.5, 0.6) is 5.75 Å². The quantitative estimate of drug-likeness (QED) is 0.744. The van der Waals surface area contributed by atoms with Gasteiger partial charge in [-0.05, 0) is 44.3 Å². The summed E-state index contributed by atoms with van der Waals surface area (Å²) >= 11 is 0. The highest BCUT2D eigenvalue weighted by molar-refractivity contribution is 5.43. The van der Waals surface area contributed by atoms with Gasteiger partial charge in [-0.3, -0.25) is 0 Å². The van der Waals surface area contributed by atoms with Crippen LogP contribution in [0, 0.1) is 19.3 Å². The maximum absolute atomic E-state index is 5.74. The Morgan fingerprint density at radius 1 is 1.26 bits per heavy atom. The summed E-state index contributed by atoms with van der Waals surface area (Å²) in [7, 11) is 1.73. The van der Waals surface area contributed by atoms with E-state index in [0.717, 1.165) is 31.8 Å². The molecule has 0 saturated heterocycles. The lowest BCUT2D eigenvalue weighted by molar-refractivity contribution is 0.338. The minimum Gasteiger partial charge on any atom is -0.496 e. The molecule has 1 rings (SSSR count). The number of methoxy groups -OCH3 is 1. The van der Waals surface area contributed by atoms with Gasteiger partial charge in [0.05, 0.1) is 7.11 Å². The smallest absolute Gasteiger partial charge is 0.126 e. The maximum Gasteiger partial charge on any atom is 0.126 e. The molecule has 0 radical (unpaired) electrons. The largest absolute Gasteiger partial charge is 0.496 e. The van der Waals surface area contributed by atoms with E-state index in [1.165, 1.54) is 16.7 Å². The molecule has 108 valence electrons. The Morgan fingerprint density at radius 3 is 2.53 bits per heavy atom. The van der Waals surface area contributed by atoms with Gasteiger partial charge in [0, 0.05) is 12.1 Å². The first-order valence-corrected chi connectivity index (χ1v) is 6.94. The van der Waals surface area contributed by atoms with E-state index in [-0.39, 0.29) is 5.41 Å². The Labute approximate surface area is 117 Å². The Bertz CT molecular complexity index is 413. The highest BCUT2D eigenvalue weighted by atomic mass is 16.5. The number of benzene rings is 1. The van der Waals surface area contributed by atoms with Gasteiger partial charge in [0.15, 0.2) is 0 Å². The molecule has 19 heavy (non-hydrogen) atoms. The van der Waals surface area contributed by atoms with Crippen molar-refractivity contribution in [3.8, 4) is 5.75 Å². The molecule has 0 spiro atoms. The lowest BCUT2D eigenvalue weighted by Crippen LogP contribution is -2.28. The molecule has 0 amide bonds. The fourth-order valence-corrected chi connectivity index (χ4v) is 2.22. The third kappa shape index (κ3) is 4.84. The summed E-state index contributed by atoms with van der Waals surface area (Å²) in [6.45, 7) is 11.1. The van der Waals surface area contributed by atoms with Crippen LogP contribution in [-0.4, -0.2) is 20.2 Å². The van der Waals surface area contributed by atoms with Crippen LogP contribution in [0.3, 0.4) is 0 Å². The molecule has 0 unspecified atom stereocenters. The van der Waals surface area contributed by atoms with Crippen LogP contribution in [0.2, 0.25) is 0 Å². The van der Waals surface area contributed by atoms with Crippen LogP contribution in [0.25, 0.3) is 0 Å². The monoisotopic (exact) mass is 264 g/mol. The van der Waals surface area contributed by atoms with Crippen molar-refractivity contribution in [3.63, 3.8) is 0 Å². The van der Waals surface area contributed by atoms with Gasteiger partial charge in [0.2, 0.25) is 0 Å². The summed E-state index contributed by atoms with van der Waals surface area (Å²) in [6.07, 6.45) is 1.08. The number of hydrogen-bond acceptors (Lipinski definition) is 3. The Hall–Kier alpha value is -1.06. The number of ether oxygens (including phenoxy) is 1. The summed E-state index contributed by atoms with van der Waals surface area (Å²) in [5.74, 6) is 0.996. The van der Waals surface area contributed by atoms with E-state index in [1.807, 2.05) is 0 Å². The van der Waals surface area contributed by atoms with Gasteiger partial charge < -0.3 is 15.8 Å². The first kappa shape index (κ1) is 16.0. The summed E-state index contributed by atoms with van der Waals surface area (Å²) in [4.78, 5) is 0. The van der Waals surface area contributed by atoms with Gasteiger partial charge in [-0.2, -0.15) is 0 Å². The summed E-state index contributed by atoms with van der Waals surface area (Å²) in [6, 6.07) is 4.34. The second kappa shape index (κ2) is 6.92. The highest BCUT2D eigenvalue weighted by Gasteiger charge is 2.14. The first-order valence-electron chi connectivity index (χ1n) is 6.94. The number of nitrogens with one attached hydrogen (secondary N) is 1. The fraction of sp³-hybridized carbons (Fsp3) is 0.625. The average Bonchev–Trinajstić information content (AvgIpc) is 2.34. The number of aryl methyl sites for hydroxylation is 2. The van der Waals surface area contributed by atoms with Gasteiger partial charge in [-0.1, -0.05) is 31.5 Å². The highest BCUT2D eigenvalue weighted by Crippen LogP contribution is 2.25. The van der Waals surface area contributed by atoms with Crippen molar-refractivity contribution < 1.29 is 4.74 Å². The molecule has 3 N–H and O–H groups in total. The molecule has 3 nitrogen and oxygen atoms in total. The van der Waals surface area contributed by atoms with Crippen molar-refractivity contribution in [2.24, 2.45) is 11.1 Å². The standard InChI is InChI=1S/C16H28N2O/c1-12-8-13(2)15(19-5)14(9-12)10-18-7-6-16(3,4)11-17/h8-9,18H,6-7,10-11,17H2,1-5H3. The lowest BCUT2D eigenvalue weighted by atomic mass is 9.90. The molecule has 1 aromatic carbocycles. The topological polar surface area (TPSA) is 47.3 Å². The molecule has 0 aliphatic carbocycles. The third-order valence-corrected chi connectivity index (χ3v) is 3.55. The van der Waals surface area contributed by atoms with Crippen molar-refractivity contribution in [1.82, 2.24) is 5.32 Å². The molecule has 0 aliphatic heterocycles. The Kier molecular flexibility index (Phi) is 5.83. The second-order valence-electron chi connectivity index (χ2n) is 6.07. The van der Waals surface area contributed by atoms with Crippen LogP contribution in [0.15, 0.2) is 12.1 Å². The number of rotatable bonds is 7. The van der Waals surface area contributed by atoms with E-state index in [4.69, 9.17) is 10.5 Å². The van der Waals surface area contributed by atoms with Crippen molar-refractivity contribution >= 4 is 0 Å². The van der Waals surface area contributed by atoms with Crippen molar-refractivity contribution in [2.75, 3.05) is 20.2 Å². The molecular formula is C16H28N2O. The zero-order chi connectivity index (χ0) is 14.5. The number of nitrogens with two attached hydrogens (primary N) is 1. The van der Waals surface area contributed by atoms with Crippen LogP contribution in [-0.2, 0) is 6.54 Å². The van der Waals surface area contributed by atoms with Crippen molar-refractivity contribution in [2.45, 2.75) is 40.7 Å². The fourth-order valence-electron chi connectivity index (χ4n) is 2.22. The van der Waals surface area contributed by atoms with Crippen LogP contribution in [0.1, 0.15) is 37.0 Å². The molecule has 0 heterocycles. The van der Waals surface area contributed by atoms with Crippen LogP contribution in [0.4, 0.5) is 0 Å². The predicted octanol–water partition coefficient (Wildman–Crippen LogP) is 2.78. The molecule has 3 heteroatoms. The Morgan fingerprint density at radius 2 is 1.95 bits per heavy atom. The van der Waals surface area contributed by atoms with E-state index >= 15 is 0 Å². The molecule has 0 fully saturated rings. The molecule has 0 aliphatic rings. The van der Waals surface area contributed by atoms with E-state index in [1.54, 1.807) is 7.11 Å². The van der Waals surface area contributed by atoms with Gasteiger partial charge in [-0.25, -0.2) is 0 Å². The van der Waals surface area contributed by atoms with Gasteiger partial charge in [0.25, 0.3) is 0 Å². The van der Waals surface area contributed by atoms with Crippen LogP contribution >= 0.6 is 0 Å². The molecule has 0 aromatic heterocycles. The third-order valence-electron chi connectivity index (χ3n) is 3.55. The summed E-state index contributed by atoms with van der Waals surface area (Å²) < 4.78 is 5.49. The van der Waals surface area contributed by atoms with Crippen molar-refractivity contribution in [1.29, 1.82) is 0 Å². The predicted molar refractivity (Wildman–Crippen MR) is 81.6 cm³/mol. The van der Waals surface area contributed by atoms with Crippen LogP contribution < -0.4 is 15.8 Å². The first-order chi connectivity index (χ1) is 8.89. The minimum absolute atomic E-state index is 0.208. The van der Waals surface area contributed by atoms with Gasteiger partial charge in [-0.15, -0.1) is 0 Å². The molecule has 0 bridgehead atoms. The average molecular weight is 264 g/mol. The summed E-state index contributed by atoms with van der Waals surface area (Å²) in [5, 5.41) is 3.49. The zero-order valence-electron chi connectivity index (χ0n) is 13.0. The molecule has 1 aromatic rings. The van der Waals surface area contributed by atoms with E-state index < -0.39 is 0 Å². The SMILES string of the molecule is COc1c(C)cc(C)cc1CNCCC(C)(C)CN. The lowest BCUT2D eigenvalue weighted by Gasteiger charge is -2.22. The zero-order valence-corrected chi connectivity index (χ0v) is 13.0. The summed E-state index contributed by atoms with van der Waals surface area (Å²) in [5.41, 5.74) is 9.64. The van der Waals surface area contributed by atoms with Crippen molar-refractivity contribution in [3.05, 3.63) is 28.8 Å². The normalized spacial score (nSPS) is 11.7. The Balaban J connectivity index is 2.58. The molecular weight excluding hydrogens is 236 g/mol. The van der Waals surface area contributed by atoms with Gasteiger partial charge in [0.1, 0.15) is 5.75 Å². The number of hydrogen-bond donors (Lipinski definition) is 2. The maximum atomic E-state index is 5.74. The van der Waals surface area contributed by atoms with E-state index in [9.17, 15) is 0 Å². The minimum atomic E-state index is 0.208. The van der Waals surface area contributed by atoms with E-state index in [0.29, 0.717) is 0 Å². The van der Waals surface area contributed by atoms with E-state index in [2.05, 4.69) is 45.1 Å². The second-order valence-corrected chi connectivity index (χ2v) is 6.07. The molecule has 0 saturated carbocycles. The molecule has 0 atom stereocenters.